The first-order valence-corrected chi connectivity index (χ1v) is 9.52. The number of urea groups is 3. The van der Waals surface area contributed by atoms with Crippen molar-refractivity contribution in [3.8, 4) is 0 Å². The Bertz CT molecular complexity index is 669. The minimum Gasteiger partial charge on any atom is -0.336 e. The van der Waals surface area contributed by atoms with E-state index in [0.29, 0.717) is 26.2 Å². The zero-order valence-corrected chi connectivity index (χ0v) is 16.6. The van der Waals surface area contributed by atoms with Crippen LogP contribution in [0.15, 0.2) is 30.3 Å². The average molecular weight is 390 g/mol. The van der Waals surface area contributed by atoms with Crippen molar-refractivity contribution >= 4 is 18.1 Å². The molecule has 0 saturated carbocycles. The number of hydrogen-bond acceptors (Lipinski definition) is 3. The highest BCUT2D eigenvalue weighted by Gasteiger charge is 2.22. The smallest absolute Gasteiger partial charge is 0.318 e. The Morgan fingerprint density at radius 1 is 0.821 bits per heavy atom. The molecule has 0 aromatic heterocycles. The van der Waals surface area contributed by atoms with Gasteiger partial charge in [-0.3, -0.25) is 0 Å². The van der Waals surface area contributed by atoms with Gasteiger partial charge in [0.1, 0.15) is 0 Å². The van der Waals surface area contributed by atoms with Gasteiger partial charge in [0.2, 0.25) is 0 Å². The van der Waals surface area contributed by atoms with Crippen LogP contribution in [-0.2, 0) is 6.54 Å². The summed E-state index contributed by atoms with van der Waals surface area (Å²) in [5, 5.41) is 13.9. The fourth-order valence-electron chi connectivity index (χ4n) is 2.80. The monoisotopic (exact) mass is 390 g/mol. The van der Waals surface area contributed by atoms with Crippen molar-refractivity contribution in [1.29, 1.82) is 0 Å². The van der Waals surface area contributed by atoms with Gasteiger partial charge in [0.25, 0.3) is 0 Å². The van der Waals surface area contributed by atoms with E-state index in [9.17, 15) is 14.4 Å². The summed E-state index contributed by atoms with van der Waals surface area (Å²) in [4.78, 5) is 38.5. The number of rotatable bonds is 2. The largest absolute Gasteiger partial charge is 0.336 e. The van der Waals surface area contributed by atoms with Gasteiger partial charge in [0.05, 0.1) is 0 Å². The lowest BCUT2D eigenvalue weighted by atomic mass is 10.2. The Morgan fingerprint density at radius 3 is 1.96 bits per heavy atom. The third-order valence-electron chi connectivity index (χ3n) is 4.43. The van der Waals surface area contributed by atoms with Crippen LogP contribution in [0.4, 0.5) is 14.4 Å². The van der Waals surface area contributed by atoms with Gasteiger partial charge < -0.3 is 31.5 Å². The van der Waals surface area contributed by atoms with Crippen molar-refractivity contribution in [2.24, 2.45) is 0 Å². The van der Waals surface area contributed by atoms with E-state index in [1.807, 2.05) is 44.2 Å². The molecule has 1 fully saturated rings. The Kier molecular flexibility index (Phi) is 7.91. The molecule has 0 radical (unpaired) electrons. The fraction of sp³-hybridized carbons (Fsp3) is 0.526. The summed E-state index contributed by atoms with van der Waals surface area (Å²) in [6, 6.07) is 8.01. The maximum absolute atomic E-state index is 12.8. The van der Waals surface area contributed by atoms with Crippen molar-refractivity contribution < 1.29 is 14.4 Å². The number of nitrogens with zero attached hydrogens (tertiary/aromatic N) is 1. The van der Waals surface area contributed by atoms with Gasteiger partial charge in [-0.1, -0.05) is 30.3 Å². The zero-order valence-electron chi connectivity index (χ0n) is 16.6. The fourth-order valence-corrected chi connectivity index (χ4v) is 2.80. The molecule has 9 nitrogen and oxygen atoms in total. The van der Waals surface area contributed by atoms with Crippen molar-refractivity contribution in [3.63, 3.8) is 0 Å². The first-order chi connectivity index (χ1) is 13.3. The quantitative estimate of drug-likeness (QED) is 0.518. The Morgan fingerprint density at radius 2 is 1.36 bits per heavy atom. The molecule has 1 aliphatic heterocycles. The molecule has 3 atom stereocenters. The molecular formula is C19H30N6O3. The van der Waals surface area contributed by atoms with Gasteiger partial charge in [-0.15, -0.1) is 0 Å². The second kappa shape index (κ2) is 10.4. The number of carbonyl (C=O) groups excluding carboxylic acids is 3. The first-order valence-electron chi connectivity index (χ1n) is 9.52. The van der Waals surface area contributed by atoms with Gasteiger partial charge in [-0.05, 0) is 26.3 Å². The van der Waals surface area contributed by atoms with Crippen molar-refractivity contribution in [1.82, 2.24) is 31.5 Å². The maximum atomic E-state index is 12.8. The molecule has 1 saturated heterocycles. The van der Waals surface area contributed by atoms with Crippen LogP contribution in [0.2, 0.25) is 0 Å². The van der Waals surface area contributed by atoms with E-state index in [-0.39, 0.29) is 36.2 Å². The number of benzene rings is 1. The molecule has 1 aromatic rings. The summed E-state index contributed by atoms with van der Waals surface area (Å²) in [6.07, 6.45) is 0. The Hall–Kier alpha value is -2.97. The lowest BCUT2D eigenvalue weighted by Gasteiger charge is -2.30. The van der Waals surface area contributed by atoms with E-state index in [4.69, 9.17) is 0 Å². The molecule has 1 unspecified atom stereocenters. The average Bonchev–Trinajstić information content (AvgIpc) is 2.67. The van der Waals surface area contributed by atoms with Crippen LogP contribution in [0.3, 0.4) is 0 Å². The molecule has 2 rings (SSSR count). The third kappa shape index (κ3) is 6.98. The predicted octanol–water partition coefficient (Wildman–Crippen LogP) is 0.976. The number of nitrogens with one attached hydrogen (secondary N) is 5. The third-order valence-corrected chi connectivity index (χ3v) is 4.43. The zero-order chi connectivity index (χ0) is 20.5. The Balaban J connectivity index is 2.13. The van der Waals surface area contributed by atoms with E-state index in [0.717, 1.165) is 5.56 Å². The summed E-state index contributed by atoms with van der Waals surface area (Å²) in [5.74, 6) is 0. The van der Waals surface area contributed by atoms with Crippen molar-refractivity contribution in [3.05, 3.63) is 35.9 Å². The van der Waals surface area contributed by atoms with Gasteiger partial charge in [0, 0.05) is 44.3 Å². The topological polar surface area (TPSA) is 115 Å². The van der Waals surface area contributed by atoms with Crippen LogP contribution in [0, 0.1) is 0 Å². The maximum Gasteiger partial charge on any atom is 0.318 e. The number of carbonyl (C=O) groups is 3. The van der Waals surface area contributed by atoms with Crippen LogP contribution in [0.25, 0.3) is 0 Å². The predicted molar refractivity (Wildman–Crippen MR) is 107 cm³/mol. The van der Waals surface area contributed by atoms with Crippen LogP contribution >= 0.6 is 0 Å². The van der Waals surface area contributed by atoms with Crippen LogP contribution < -0.4 is 26.6 Å². The lowest BCUT2D eigenvalue weighted by Crippen LogP contribution is -2.52. The number of hydrogen-bond donors (Lipinski definition) is 5. The van der Waals surface area contributed by atoms with Gasteiger partial charge in [0.15, 0.2) is 0 Å². The molecular weight excluding hydrogens is 360 g/mol. The molecule has 0 aliphatic carbocycles. The SMILES string of the molecule is CC1CNC(=O)N[C@@H](C)CNC(=O)N(Cc2ccccc2)[C@@H](C)CNC(=O)N1. The van der Waals surface area contributed by atoms with Crippen molar-refractivity contribution in [2.45, 2.75) is 45.4 Å². The summed E-state index contributed by atoms with van der Waals surface area (Å²) < 4.78 is 0. The molecule has 6 amide bonds. The lowest BCUT2D eigenvalue weighted by molar-refractivity contribution is 0.172. The molecule has 1 heterocycles. The van der Waals surface area contributed by atoms with Gasteiger partial charge in [-0.2, -0.15) is 0 Å². The number of amides is 6. The van der Waals surface area contributed by atoms with Gasteiger partial charge in [-0.25, -0.2) is 14.4 Å². The summed E-state index contributed by atoms with van der Waals surface area (Å²) in [7, 11) is 0. The highest BCUT2D eigenvalue weighted by Crippen LogP contribution is 2.09. The second-order valence-electron chi connectivity index (χ2n) is 7.16. The molecule has 0 spiro atoms. The van der Waals surface area contributed by atoms with Crippen LogP contribution in [0.5, 0.6) is 0 Å². The van der Waals surface area contributed by atoms with E-state index in [1.165, 1.54) is 0 Å². The van der Waals surface area contributed by atoms with Crippen molar-refractivity contribution in [2.75, 3.05) is 19.6 Å². The van der Waals surface area contributed by atoms with E-state index in [1.54, 1.807) is 11.8 Å². The van der Waals surface area contributed by atoms with E-state index >= 15 is 0 Å². The second-order valence-corrected chi connectivity index (χ2v) is 7.16. The normalized spacial score (nSPS) is 25.2. The molecule has 28 heavy (non-hydrogen) atoms. The highest BCUT2D eigenvalue weighted by molar-refractivity contribution is 5.77. The summed E-state index contributed by atoms with van der Waals surface area (Å²) in [6.45, 7) is 6.82. The van der Waals surface area contributed by atoms with Crippen LogP contribution in [-0.4, -0.2) is 60.8 Å². The standard InChI is InChI=1S/C19H30N6O3/c1-13-9-20-17(26)24-14(2)10-22-19(28)25(12-16-7-5-4-6-8-16)15(3)11-21-18(27)23-13/h4-8,13-15H,9-12H2,1-3H3,(H,22,28)(H2,20,24,26)(H2,21,23,27)/t13?,14-,15-/m0/s1. The molecule has 0 bridgehead atoms. The molecule has 1 aromatic carbocycles. The van der Waals surface area contributed by atoms with E-state index in [2.05, 4.69) is 26.6 Å². The molecule has 9 heteroatoms. The Labute approximate surface area is 165 Å². The molecule has 1 aliphatic rings. The van der Waals surface area contributed by atoms with Crippen LogP contribution in [0.1, 0.15) is 26.3 Å². The highest BCUT2D eigenvalue weighted by atomic mass is 16.2. The molecule has 154 valence electrons. The van der Waals surface area contributed by atoms with Gasteiger partial charge >= 0.3 is 18.1 Å². The summed E-state index contributed by atoms with van der Waals surface area (Å²) >= 11 is 0. The minimum absolute atomic E-state index is 0.227. The first kappa shape index (κ1) is 21.3. The minimum atomic E-state index is -0.347. The molecule has 5 N–H and O–H groups in total. The van der Waals surface area contributed by atoms with E-state index < -0.39 is 0 Å². The summed E-state index contributed by atoms with van der Waals surface area (Å²) in [5.41, 5.74) is 0.992.